The molecule has 0 radical (unpaired) electrons. The maximum absolute atomic E-state index is 11.8. The van der Waals surface area contributed by atoms with Gasteiger partial charge < -0.3 is 5.32 Å². The number of sulfone groups is 1. The quantitative estimate of drug-likeness (QED) is 0.338. The standard InChI is InChI=1S/C13H12Cl3N3O5S/c14-13(15,16)12(20)18-11-7-25(23,24)6-10(11)17-5-8-2-1-3-9(4-8)19(21)22/h1-5,10-11H,6-7H2,(H,18,20). The van der Waals surface area contributed by atoms with E-state index in [4.69, 9.17) is 34.8 Å². The second-order valence-electron chi connectivity index (χ2n) is 5.35. The molecule has 1 aliphatic heterocycles. The van der Waals surface area contributed by atoms with Gasteiger partial charge in [-0.15, -0.1) is 0 Å². The fraction of sp³-hybridized carbons (Fsp3) is 0.385. The molecule has 1 amide bonds. The van der Waals surface area contributed by atoms with E-state index in [0.717, 1.165) is 0 Å². The maximum atomic E-state index is 11.8. The number of hydrogen-bond acceptors (Lipinski definition) is 6. The number of carbonyl (C=O) groups excluding carboxylic acids is 1. The van der Waals surface area contributed by atoms with Crippen molar-refractivity contribution in [3.05, 3.63) is 39.9 Å². The Hall–Kier alpha value is -1.42. The number of nitrogens with one attached hydrogen (secondary N) is 1. The summed E-state index contributed by atoms with van der Waals surface area (Å²) in [6.07, 6.45) is 1.31. The highest BCUT2D eigenvalue weighted by molar-refractivity contribution is 7.91. The zero-order valence-electron chi connectivity index (χ0n) is 12.4. The van der Waals surface area contributed by atoms with Crippen LogP contribution in [0.2, 0.25) is 0 Å². The fourth-order valence-corrected chi connectivity index (χ4v) is 4.26. The lowest BCUT2D eigenvalue weighted by atomic mass is 10.1. The summed E-state index contributed by atoms with van der Waals surface area (Å²) >= 11 is 16.4. The first kappa shape index (κ1) is 19.9. The number of benzene rings is 1. The van der Waals surface area contributed by atoms with Crippen molar-refractivity contribution in [3.63, 3.8) is 0 Å². The van der Waals surface area contributed by atoms with Gasteiger partial charge in [0, 0.05) is 18.3 Å². The van der Waals surface area contributed by atoms with Gasteiger partial charge in [0.15, 0.2) is 9.84 Å². The van der Waals surface area contributed by atoms with E-state index in [1.54, 1.807) is 6.07 Å². The summed E-state index contributed by atoms with van der Waals surface area (Å²) in [6, 6.07) is 4.02. The lowest BCUT2D eigenvalue weighted by Crippen LogP contribution is -2.46. The van der Waals surface area contributed by atoms with Crippen LogP contribution in [0.3, 0.4) is 0 Å². The number of amides is 1. The average molecular weight is 429 g/mol. The molecule has 1 aliphatic rings. The minimum absolute atomic E-state index is 0.121. The molecule has 25 heavy (non-hydrogen) atoms. The Morgan fingerprint density at radius 2 is 2.04 bits per heavy atom. The molecule has 12 heteroatoms. The Labute approximate surface area is 158 Å². The fourth-order valence-electron chi connectivity index (χ4n) is 2.26. The molecule has 2 rings (SSSR count). The van der Waals surface area contributed by atoms with Gasteiger partial charge >= 0.3 is 0 Å². The molecular weight excluding hydrogens is 417 g/mol. The van der Waals surface area contributed by atoms with Crippen LogP contribution in [0.25, 0.3) is 0 Å². The monoisotopic (exact) mass is 427 g/mol. The van der Waals surface area contributed by atoms with Crippen LogP contribution in [0.5, 0.6) is 0 Å². The summed E-state index contributed by atoms with van der Waals surface area (Å²) in [5.41, 5.74) is 0.300. The minimum atomic E-state index is -3.43. The van der Waals surface area contributed by atoms with Crippen molar-refractivity contribution in [1.29, 1.82) is 0 Å². The highest BCUT2D eigenvalue weighted by Gasteiger charge is 2.41. The molecule has 0 bridgehead atoms. The number of halogens is 3. The Morgan fingerprint density at radius 1 is 1.36 bits per heavy atom. The van der Waals surface area contributed by atoms with Gasteiger partial charge in [-0.1, -0.05) is 46.9 Å². The molecule has 1 fully saturated rings. The number of nitro benzene ring substituents is 1. The highest BCUT2D eigenvalue weighted by atomic mass is 35.6. The number of aliphatic imine (C=N–C) groups is 1. The molecule has 2 unspecified atom stereocenters. The van der Waals surface area contributed by atoms with E-state index in [1.165, 1.54) is 24.4 Å². The van der Waals surface area contributed by atoms with Crippen LogP contribution in [0.1, 0.15) is 5.56 Å². The normalized spacial score (nSPS) is 22.8. The first-order chi connectivity index (χ1) is 11.5. The summed E-state index contributed by atoms with van der Waals surface area (Å²) in [6.45, 7) is 0. The SMILES string of the molecule is O=C(NC1CS(=O)(=O)CC1N=Cc1cccc([N+](=O)[O-])c1)C(Cl)(Cl)Cl. The van der Waals surface area contributed by atoms with Crippen LogP contribution in [0.15, 0.2) is 29.3 Å². The zero-order valence-corrected chi connectivity index (χ0v) is 15.5. The molecule has 136 valence electrons. The van der Waals surface area contributed by atoms with Crippen molar-refractivity contribution in [2.75, 3.05) is 11.5 Å². The first-order valence-electron chi connectivity index (χ1n) is 6.84. The summed E-state index contributed by atoms with van der Waals surface area (Å²) < 4.78 is 21.4. The van der Waals surface area contributed by atoms with Crippen molar-refractivity contribution < 1.29 is 18.1 Å². The molecule has 0 aliphatic carbocycles. The predicted molar refractivity (Wildman–Crippen MR) is 95.4 cm³/mol. The van der Waals surface area contributed by atoms with Crippen LogP contribution in [0, 0.1) is 10.1 Å². The van der Waals surface area contributed by atoms with Gasteiger partial charge in [-0.3, -0.25) is 19.9 Å². The Bertz CT molecular complexity index is 822. The van der Waals surface area contributed by atoms with E-state index in [-0.39, 0.29) is 17.2 Å². The average Bonchev–Trinajstić information content (AvgIpc) is 2.78. The van der Waals surface area contributed by atoms with Crippen LogP contribution >= 0.6 is 34.8 Å². The molecule has 1 aromatic carbocycles. The van der Waals surface area contributed by atoms with Crippen molar-refractivity contribution in [2.24, 2.45) is 4.99 Å². The van der Waals surface area contributed by atoms with Gasteiger partial charge in [0.2, 0.25) is 0 Å². The van der Waals surface area contributed by atoms with Crippen LogP contribution in [-0.2, 0) is 14.6 Å². The smallest absolute Gasteiger partial charge is 0.272 e. The van der Waals surface area contributed by atoms with E-state index in [0.29, 0.717) is 5.56 Å². The zero-order chi connectivity index (χ0) is 18.8. The largest absolute Gasteiger partial charge is 0.346 e. The van der Waals surface area contributed by atoms with E-state index >= 15 is 0 Å². The number of alkyl halides is 3. The number of rotatable bonds is 4. The summed E-state index contributed by atoms with van der Waals surface area (Å²) in [5.74, 6) is -1.57. The lowest BCUT2D eigenvalue weighted by molar-refractivity contribution is -0.384. The Morgan fingerprint density at radius 3 is 2.64 bits per heavy atom. The van der Waals surface area contributed by atoms with E-state index in [2.05, 4.69) is 10.3 Å². The van der Waals surface area contributed by atoms with Crippen molar-refractivity contribution >= 4 is 62.4 Å². The molecule has 1 N–H and O–H groups in total. The molecule has 8 nitrogen and oxygen atoms in total. The number of nitro groups is 1. The van der Waals surface area contributed by atoms with Gasteiger partial charge in [0.1, 0.15) is 0 Å². The van der Waals surface area contributed by atoms with Crippen molar-refractivity contribution in [2.45, 2.75) is 15.9 Å². The number of hydrogen-bond donors (Lipinski definition) is 1. The molecule has 0 aromatic heterocycles. The first-order valence-corrected chi connectivity index (χ1v) is 9.79. The van der Waals surface area contributed by atoms with Gasteiger partial charge in [0.25, 0.3) is 15.4 Å². The molecule has 1 saturated heterocycles. The van der Waals surface area contributed by atoms with Gasteiger partial charge in [-0.2, -0.15) is 0 Å². The van der Waals surface area contributed by atoms with Crippen molar-refractivity contribution in [1.82, 2.24) is 5.32 Å². The Balaban J connectivity index is 2.19. The molecule has 1 heterocycles. The number of carbonyl (C=O) groups is 1. The van der Waals surface area contributed by atoms with Crippen LogP contribution in [0.4, 0.5) is 5.69 Å². The van der Waals surface area contributed by atoms with Gasteiger partial charge in [-0.25, -0.2) is 8.42 Å². The van der Waals surface area contributed by atoms with Crippen LogP contribution < -0.4 is 5.32 Å². The number of nitrogens with zero attached hydrogens (tertiary/aromatic N) is 2. The topological polar surface area (TPSA) is 119 Å². The third-order valence-corrected chi connectivity index (χ3v) is 5.62. The molecule has 0 saturated carbocycles. The van der Waals surface area contributed by atoms with E-state index in [9.17, 15) is 23.3 Å². The Kier molecular flexibility index (Phi) is 5.93. The molecule has 0 spiro atoms. The molecule has 1 aromatic rings. The predicted octanol–water partition coefficient (Wildman–Crippen LogP) is 1.67. The molecule has 2 atom stereocenters. The second-order valence-corrected chi connectivity index (χ2v) is 9.79. The van der Waals surface area contributed by atoms with Crippen LogP contribution in [-0.4, -0.2) is 52.8 Å². The van der Waals surface area contributed by atoms with E-state index < -0.39 is 36.5 Å². The lowest BCUT2D eigenvalue weighted by Gasteiger charge is -2.19. The third-order valence-electron chi connectivity index (χ3n) is 3.39. The molecular formula is C13H12Cl3N3O5S. The summed E-state index contributed by atoms with van der Waals surface area (Å²) in [7, 11) is -3.43. The summed E-state index contributed by atoms with van der Waals surface area (Å²) in [4.78, 5) is 26.1. The van der Waals surface area contributed by atoms with Crippen molar-refractivity contribution in [3.8, 4) is 0 Å². The third kappa shape index (κ3) is 5.53. The van der Waals surface area contributed by atoms with E-state index in [1.807, 2.05) is 0 Å². The second kappa shape index (κ2) is 7.45. The maximum Gasteiger partial charge on any atom is 0.272 e. The van der Waals surface area contributed by atoms with Gasteiger partial charge in [-0.05, 0) is 5.56 Å². The minimum Gasteiger partial charge on any atom is -0.346 e. The van der Waals surface area contributed by atoms with Gasteiger partial charge in [0.05, 0.1) is 28.5 Å². The highest BCUT2D eigenvalue weighted by Crippen LogP contribution is 2.27. The summed E-state index contributed by atoms with van der Waals surface area (Å²) in [5, 5.41) is 13.1. The number of non-ortho nitro benzene ring substituents is 1.